The number of hydrogen-bond donors (Lipinski definition) is 2. The van der Waals surface area contributed by atoms with E-state index in [4.69, 9.17) is 4.74 Å². The van der Waals surface area contributed by atoms with E-state index < -0.39 is 0 Å². The Morgan fingerprint density at radius 2 is 1.86 bits per heavy atom. The second-order valence-electron chi connectivity index (χ2n) is 5.84. The smallest absolute Gasteiger partial charge is 0.258 e. The van der Waals surface area contributed by atoms with Crippen molar-refractivity contribution in [2.24, 2.45) is 4.99 Å². The molecule has 3 rings (SSSR count). The summed E-state index contributed by atoms with van der Waals surface area (Å²) in [6, 6.07) is 16.3. The molecule has 0 radical (unpaired) electrons. The molecule has 2 N–H and O–H groups in total. The first-order valence-electron chi connectivity index (χ1n) is 8.55. The van der Waals surface area contributed by atoms with E-state index in [1.807, 2.05) is 12.1 Å². The molecule has 7 heteroatoms. The summed E-state index contributed by atoms with van der Waals surface area (Å²) >= 11 is 0. The van der Waals surface area contributed by atoms with E-state index in [-0.39, 0.29) is 17.7 Å². The van der Waals surface area contributed by atoms with Crippen LogP contribution in [-0.2, 0) is 6.54 Å². The van der Waals surface area contributed by atoms with Crippen molar-refractivity contribution in [2.75, 3.05) is 12.4 Å². The van der Waals surface area contributed by atoms with Crippen LogP contribution < -0.4 is 15.4 Å². The van der Waals surface area contributed by atoms with Gasteiger partial charge in [-0.1, -0.05) is 6.07 Å². The molecule has 2 aromatic carbocycles. The molecule has 6 nitrogen and oxygen atoms in total. The van der Waals surface area contributed by atoms with Crippen LogP contribution in [0, 0.1) is 5.82 Å². The average molecular weight is 378 g/mol. The Balaban J connectivity index is 1.79. The number of carbonyl (C=O) groups excluding carboxylic acids is 1. The highest BCUT2D eigenvalue weighted by molar-refractivity contribution is 6.10. The lowest BCUT2D eigenvalue weighted by atomic mass is 10.2. The van der Waals surface area contributed by atoms with Gasteiger partial charge in [0.05, 0.1) is 13.7 Å². The number of benzene rings is 2. The van der Waals surface area contributed by atoms with Gasteiger partial charge in [-0.2, -0.15) is 0 Å². The molecule has 142 valence electrons. The number of amides is 1. The van der Waals surface area contributed by atoms with E-state index in [9.17, 15) is 9.18 Å². The number of anilines is 1. The van der Waals surface area contributed by atoms with E-state index in [1.165, 1.54) is 19.2 Å². The summed E-state index contributed by atoms with van der Waals surface area (Å²) in [7, 11) is 1.54. The van der Waals surface area contributed by atoms with Crippen molar-refractivity contribution in [1.29, 1.82) is 0 Å². The molecule has 0 saturated carbocycles. The van der Waals surface area contributed by atoms with E-state index >= 15 is 0 Å². The van der Waals surface area contributed by atoms with E-state index in [1.54, 1.807) is 48.8 Å². The molecule has 1 heterocycles. The molecule has 28 heavy (non-hydrogen) atoms. The third-order valence-electron chi connectivity index (χ3n) is 3.84. The van der Waals surface area contributed by atoms with Crippen LogP contribution in [0.15, 0.2) is 78.0 Å². The summed E-state index contributed by atoms with van der Waals surface area (Å²) in [6.45, 7) is 0.338. The molecule has 0 atom stereocenters. The summed E-state index contributed by atoms with van der Waals surface area (Å²) in [5.74, 6) is 0.133. The lowest BCUT2D eigenvalue weighted by Crippen LogP contribution is -2.36. The number of halogens is 1. The normalized spacial score (nSPS) is 11.0. The quantitative estimate of drug-likeness (QED) is 0.525. The van der Waals surface area contributed by atoms with Crippen molar-refractivity contribution >= 4 is 17.6 Å². The Kier molecular flexibility index (Phi) is 6.30. The maximum absolute atomic E-state index is 13.2. The number of aliphatic imine (C=N–C) groups is 1. The Morgan fingerprint density at radius 1 is 1.11 bits per heavy atom. The fourth-order valence-corrected chi connectivity index (χ4v) is 2.38. The first kappa shape index (κ1) is 19.0. The molecule has 3 aromatic rings. The fourth-order valence-electron chi connectivity index (χ4n) is 2.38. The summed E-state index contributed by atoms with van der Waals surface area (Å²) in [6.07, 6.45) is 3.35. The van der Waals surface area contributed by atoms with Crippen molar-refractivity contribution in [3.8, 4) is 5.75 Å². The number of methoxy groups -OCH3 is 1. The molecular formula is C21H19FN4O2. The molecule has 1 amide bonds. The van der Waals surface area contributed by atoms with E-state index in [0.29, 0.717) is 23.5 Å². The van der Waals surface area contributed by atoms with Crippen molar-refractivity contribution in [3.63, 3.8) is 0 Å². The second-order valence-corrected chi connectivity index (χ2v) is 5.84. The minimum Gasteiger partial charge on any atom is -0.497 e. The van der Waals surface area contributed by atoms with Crippen LogP contribution >= 0.6 is 0 Å². The van der Waals surface area contributed by atoms with Gasteiger partial charge in [-0.3, -0.25) is 15.1 Å². The predicted octanol–water partition coefficient (Wildman–Crippen LogP) is 3.63. The van der Waals surface area contributed by atoms with Crippen LogP contribution in [0.5, 0.6) is 5.75 Å². The highest BCUT2D eigenvalue weighted by Crippen LogP contribution is 2.13. The maximum Gasteiger partial charge on any atom is 0.258 e. The molecule has 0 fully saturated rings. The van der Waals surface area contributed by atoms with Gasteiger partial charge < -0.3 is 10.1 Å². The van der Waals surface area contributed by atoms with Gasteiger partial charge in [0.1, 0.15) is 11.6 Å². The summed E-state index contributed by atoms with van der Waals surface area (Å²) in [5, 5.41) is 5.76. The number of aromatic nitrogens is 1. The minimum atomic E-state index is -0.346. The monoisotopic (exact) mass is 378 g/mol. The average Bonchev–Trinajstić information content (AvgIpc) is 2.74. The van der Waals surface area contributed by atoms with Gasteiger partial charge in [-0.25, -0.2) is 9.38 Å². The van der Waals surface area contributed by atoms with Crippen molar-refractivity contribution in [3.05, 3.63) is 90.0 Å². The molecule has 0 saturated heterocycles. The van der Waals surface area contributed by atoms with E-state index in [2.05, 4.69) is 20.6 Å². The Labute approximate surface area is 162 Å². The summed E-state index contributed by atoms with van der Waals surface area (Å²) in [4.78, 5) is 21.0. The molecule has 0 aliphatic carbocycles. The molecule has 0 bridgehead atoms. The highest BCUT2D eigenvalue weighted by Gasteiger charge is 2.10. The largest absolute Gasteiger partial charge is 0.497 e. The molecule has 0 aliphatic heterocycles. The lowest BCUT2D eigenvalue weighted by molar-refractivity contribution is 0.0976. The van der Waals surface area contributed by atoms with Gasteiger partial charge in [-0.05, 0) is 60.2 Å². The third-order valence-corrected chi connectivity index (χ3v) is 3.84. The SMILES string of the molecule is COc1cccc(C(=O)NC(=NCc2ccncc2)Nc2ccc(F)cc2)c1. The third kappa shape index (κ3) is 5.38. The predicted molar refractivity (Wildman–Crippen MR) is 106 cm³/mol. The topological polar surface area (TPSA) is 75.6 Å². The summed E-state index contributed by atoms with van der Waals surface area (Å²) < 4.78 is 18.3. The number of guanidine groups is 1. The van der Waals surface area contributed by atoms with Gasteiger partial charge in [-0.15, -0.1) is 0 Å². The number of ether oxygens (including phenoxy) is 1. The molecule has 0 unspecified atom stereocenters. The first-order valence-corrected chi connectivity index (χ1v) is 8.55. The van der Waals surface area contributed by atoms with Crippen LogP contribution in [0.1, 0.15) is 15.9 Å². The number of pyridine rings is 1. The van der Waals surface area contributed by atoms with Crippen LogP contribution in [0.4, 0.5) is 10.1 Å². The molecule has 0 aliphatic rings. The number of nitrogens with zero attached hydrogens (tertiary/aromatic N) is 2. The van der Waals surface area contributed by atoms with Gasteiger partial charge in [0.25, 0.3) is 5.91 Å². The van der Waals surface area contributed by atoms with Crippen molar-refractivity contribution in [2.45, 2.75) is 6.54 Å². The number of hydrogen-bond acceptors (Lipinski definition) is 4. The lowest BCUT2D eigenvalue weighted by Gasteiger charge is -2.12. The standard InChI is InChI=1S/C21H19FN4O2/c1-28-19-4-2-3-16(13-19)20(27)26-21(24-14-15-9-11-23-12-10-15)25-18-7-5-17(22)6-8-18/h2-13H,14H2,1H3,(H2,24,25,26,27). The summed E-state index contributed by atoms with van der Waals surface area (Å²) in [5.41, 5.74) is 1.96. The maximum atomic E-state index is 13.2. The van der Waals surface area contributed by atoms with Gasteiger partial charge in [0.2, 0.25) is 5.96 Å². The Hall–Kier alpha value is -3.74. The zero-order chi connectivity index (χ0) is 19.8. The molecule has 1 aromatic heterocycles. The van der Waals surface area contributed by atoms with Crippen LogP contribution in [0.3, 0.4) is 0 Å². The van der Waals surface area contributed by atoms with Gasteiger partial charge in [0, 0.05) is 23.6 Å². The number of carbonyl (C=O) groups is 1. The van der Waals surface area contributed by atoms with Gasteiger partial charge >= 0.3 is 0 Å². The minimum absolute atomic E-state index is 0.247. The Morgan fingerprint density at radius 3 is 2.57 bits per heavy atom. The van der Waals surface area contributed by atoms with Crippen molar-refractivity contribution < 1.29 is 13.9 Å². The highest BCUT2D eigenvalue weighted by atomic mass is 19.1. The number of nitrogens with one attached hydrogen (secondary N) is 2. The van der Waals surface area contributed by atoms with Crippen LogP contribution in [0.25, 0.3) is 0 Å². The van der Waals surface area contributed by atoms with Crippen LogP contribution in [0.2, 0.25) is 0 Å². The zero-order valence-electron chi connectivity index (χ0n) is 15.2. The van der Waals surface area contributed by atoms with Crippen molar-refractivity contribution in [1.82, 2.24) is 10.3 Å². The van der Waals surface area contributed by atoms with Crippen LogP contribution in [-0.4, -0.2) is 24.0 Å². The Bertz CT molecular complexity index is 960. The first-order chi connectivity index (χ1) is 13.6. The molecule has 0 spiro atoms. The van der Waals surface area contributed by atoms with Gasteiger partial charge in [0.15, 0.2) is 0 Å². The second kappa shape index (κ2) is 9.27. The fraction of sp³-hybridized carbons (Fsp3) is 0.0952. The number of rotatable bonds is 5. The zero-order valence-corrected chi connectivity index (χ0v) is 15.2. The molecular weight excluding hydrogens is 359 g/mol. The van der Waals surface area contributed by atoms with E-state index in [0.717, 1.165) is 5.56 Å².